The van der Waals surface area contributed by atoms with Gasteiger partial charge in [-0.2, -0.15) is 4.98 Å². The highest BCUT2D eigenvalue weighted by Crippen LogP contribution is 2.45. The Morgan fingerprint density at radius 1 is 1.15 bits per heavy atom. The summed E-state index contributed by atoms with van der Waals surface area (Å²) in [6.45, 7) is 0. The third-order valence-electron chi connectivity index (χ3n) is 5.58. The highest BCUT2D eigenvalue weighted by molar-refractivity contribution is 7.17. The van der Waals surface area contributed by atoms with Crippen molar-refractivity contribution < 1.29 is 9.32 Å². The van der Waals surface area contributed by atoms with E-state index < -0.39 is 0 Å². The zero-order valence-corrected chi connectivity index (χ0v) is 15.7. The van der Waals surface area contributed by atoms with Crippen LogP contribution in [0.5, 0.6) is 0 Å². The summed E-state index contributed by atoms with van der Waals surface area (Å²) in [6.07, 6.45) is 13.1. The normalized spacial score (nSPS) is 19.8. The Bertz CT molecular complexity index is 876. The van der Waals surface area contributed by atoms with Crippen LogP contribution in [-0.2, 0) is 17.6 Å². The van der Waals surface area contributed by atoms with Crippen LogP contribution < -0.4 is 5.32 Å². The van der Waals surface area contributed by atoms with Gasteiger partial charge < -0.3 is 9.84 Å². The molecular weight excluding hydrogens is 346 g/mol. The molecule has 0 atom stereocenters. The first-order valence-electron chi connectivity index (χ1n) is 9.78. The quantitative estimate of drug-likeness (QED) is 0.771. The molecule has 6 heteroatoms. The molecule has 0 saturated heterocycles. The summed E-state index contributed by atoms with van der Waals surface area (Å²) >= 11 is 1.70. The van der Waals surface area contributed by atoms with Crippen LogP contribution >= 0.6 is 11.3 Å². The molecular formula is C20H23N3O2S. The summed E-state index contributed by atoms with van der Waals surface area (Å²) in [5, 5.41) is 8.25. The van der Waals surface area contributed by atoms with Crippen LogP contribution in [0.25, 0.3) is 11.5 Å². The van der Waals surface area contributed by atoms with Gasteiger partial charge in [-0.1, -0.05) is 17.7 Å². The lowest BCUT2D eigenvalue weighted by molar-refractivity contribution is -0.112. The smallest absolute Gasteiger partial charge is 0.261 e. The van der Waals surface area contributed by atoms with Crippen molar-refractivity contribution in [1.82, 2.24) is 10.1 Å². The maximum atomic E-state index is 12.7. The fourth-order valence-corrected chi connectivity index (χ4v) is 5.24. The number of nitrogens with zero attached hydrogens (tertiary/aromatic N) is 2. The molecule has 1 amide bonds. The van der Waals surface area contributed by atoms with E-state index >= 15 is 0 Å². The molecule has 0 radical (unpaired) electrons. The number of allylic oxidation sites excluding steroid dienone is 1. The van der Waals surface area contributed by atoms with E-state index in [-0.39, 0.29) is 5.91 Å². The molecule has 3 aliphatic rings. The molecule has 0 aliphatic heterocycles. The number of aryl methyl sites for hydroxylation is 1. The van der Waals surface area contributed by atoms with Gasteiger partial charge in [0.1, 0.15) is 5.00 Å². The number of rotatable bonds is 4. The number of aromatic nitrogens is 2. The fraction of sp³-hybridized carbons (Fsp3) is 0.550. The largest absolute Gasteiger partial charge is 0.334 e. The average molecular weight is 369 g/mol. The molecule has 3 aliphatic carbocycles. The highest BCUT2D eigenvalue weighted by atomic mass is 32.1. The number of fused-ring (bicyclic) bond motifs is 1. The first-order chi connectivity index (χ1) is 12.8. The molecule has 2 aromatic rings. The van der Waals surface area contributed by atoms with Gasteiger partial charge >= 0.3 is 0 Å². The van der Waals surface area contributed by atoms with Gasteiger partial charge in [-0.3, -0.25) is 4.79 Å². The zero-order chi connectivity index (χ0) is 17.5. The van der Waals surface area contributed by atoms with E-state index in [4.69, 9.17) is 4.52 Å². The van der Waals surface area contributed by atoms with E-state index in [1.54, 1.807) is 11.3 Å². The predicted octanol–water partition coefficient (Wildman–Crippen LogP) is 4.99. The molecule has 2 heterocycles. The second-order valence-corrected chi connectivity index (χ2v) is 8.68. The summed E-state index contributed by atoms with van der Waals surface area (Å²) in [7, 11) is 0. The molecule has 26 heavy (non-hydrogen) atoms. The fourth-order valence-electron chi connectivity index (χ4n) is 3.96. The Balaban J connectivity index is 1.53. The Morgan fingerprint density at radius 2 is 2.04 bits per heavy atom. The van der Waals surface area contributed by atoms with Crippen LogP contribution in [0.15, 0.2) is 16.2 Å². The highest BCUT2D eigenvalue weighted by Gasteiger charge is 2.31. The number of anilines is 1. The third kappa shape index (κ3) is 3.00. The van der Waals surface area contributed by atoms with Crippen molar-refractivity contribution in [3.8, 4) is 11.5 Å². The first kappa shape index (κ1) is 16.2. The summed E-state index contributed by atoms with van der Waals surface area (Å²) in [4.78, 5) is 18.7. The van der Waals surface area contributed by atoms with E-state index in [0.29, 0.717) is 11.8 Å². The second kappa shape index (κ2) is 6.65. The van der Waals surface area contributed by atoms with Gasteiger partial charge in [0.25, 0.3) is 11.8 Å². The third-order valence-corrected chi connectivity index (χ3v) is 6.79. The van der Waals surface area contributed by atoms with Crippen LogP contribution in [0, 0.1) is 0 Å². The van der Waals surface area contributed by atoms with E-state index in [0.717, 1.165) is 66.9 Å². The van der Waals surface area contributed by atoms with Gasteiger partial charge in [0.15, 0.2) is 5.82 Å². The molecule has 0 unspecified atom stereocenters. The van der Waals surface area contributed by atoms with Crippen molar-refractivity contribution in [2.45, 2.75) is 70.1 Å². The number of hydrogen-bond donors (Lipinski definition) is 1. The number of nitrogens with one attached hydrogen (secondary N) is 1. The zero-order valence-electron chi connectivity index (χ0n) is 14.8. The molecule has 5 rings (SSSR count). The minimum Gasteiger partial charge on any atom is -0.334 e. The van der Waals surface area contributed by atoms with Crippen molar-refractivity contribution in [2.24, 2.45) is 0 Å². The molecule has 136 valence electrons. The molecule has 1 saturated carbocycles. The molecule has 1 fully saturated rings. The molecule has 1 N–H and O–H groups in total. The Labute approximate surface area is 156 Å². The first-order valence-corrected chi connectivity index (χ1v) is 10.6. The Kier molecular flexibility index (Phi) is 4.15. The van der Waals surface area contributed by atoms with E-state index in [1.807, 2.05) is 0 Å². The molecule has 0 aromatic carbocycles. The monoisotopic (exact) mass is 369 g/mol. The van der Waals surface area contributed by atoms with Crippen LogP contribution in [0.1, 0.15) is 73.5 Å². The molecule has 2 aromatic heterocycles. The summed E-state index contributed by atoms with van der Waals surface area (Å²) in [6, 6.07) is 0. The lowest BCUT2D eigenvalue weighted by Crippen LogP contribution is -2.13. The standard InChI is InChI=1S/C20H23N3O2S/c24-18(13-6-4-5-7-13)22-20-16(14-8-2-1-3-9-15(14)26-20)19-21-17(23-25-19)12-10-11-12/h6,12H,1-5,7-11H2,(H,22,24). The Morgan fingerprint density at radius 3 is 2.85 bits per heavy atom. The number of hydrogen-bond acceptors (Lipinski definition) is 5. The van der Waals surface area contributed by atoms with Crippen molar-refractivity contribution in [3.63, 3.8) is 0 Å². The number of thiophene rings is 1. The topological polar surface area (TPSA) is 68.0 Å². The number of amides is 1. The molecule has 0 bridgehead atoms. The van der Waals surface area contributed by atoms with Crippen LogP contribution in [0.2, 0.25) is 0 Å². The lowest BCUT2D eigenvalue weighted by Gasteiger charge is -2.06. The van der Waals surface area contributed by atoms with E-state index in [2.05, 4.69) is 21.5 Å². The van der Waals surface area contributed by atoms with Gasteiger partial charge in [-0.05, 0) is 63.4 Å². The molecule has 0 spiro atoms. The Hall–Kier alpha value is -1.95. The van der Waals surface area contributed by atoms with Crippen molar-refractivity contribution in [3.05, 3.63) is 27.9 Å². The summed E-state index contributed by atoms with van der Waals surface area (Å²) < 4.78 is 5.64. The van der Waals surface area contributed by atoms with E-state index in [9.17, 15) is 4.79 Å². The van der Waals surface area contributed by atoms with Crippen molar-refractivity contribution in [1.29, 1.82) is 0 Å². The van der Waals surface area contributed by atoms with Gasteiger partial charge in [0, 0.05) is 16.4 Å². The van der Waals surface area contributed by atoms with Crippen molar-refractivity contribution >= 4 is 22.2 Å². The maximum Gasteiger partial charge on any atom is 0.261 e. The average Bonchev–Trinajstić information content (AvgIpc) is 3.07. The van der Waals surface area contributed by atoms with Gasteiger partial charge in [0.2, 0.25) is 0 Å². The van der Waals surface area contributed by atoms with Crippen LogP contribution in [0.3, 0.4) is 0 Å². The maximum absolute atomic E-state index is 12.7. The summed E-state index contributed by atoms with van der Waals surface area (Å²) in [5.41, 5.74) is 3.20. The SMILES string of the molecule is O=C(Nc1sc2c(c1-c1nc(C3CC3)no1)CCCCC2)C1=CCCC1. The number of carbonyl (C=O) groups is 1. The minimum absolute atomic E-state index is 0.0297. The lowest BCUT2D eigenvalue weighted by atomic mass is 10.1. The van der Waals surface area contributed by atoms with Gasteiger partial charge in [-0.25, -0.2) is 0 Å². The molecule has 5 nitrogen and oxygen atoms in total. The summed E-state index contributed by atoms with van der Waals surface area (Å²) in [5.74, 6) is 1.90. The number of carbonyl (C=O) groups excluding carboxylic acids is 1. The van der Waals surface area contributed by atoms with Gasteiger partial charge in [-0.15, -0.1) is 11.3 Å². The van der Waals surface area contributed by atoms with Crippen LogP contribution in [0.4, 0.5) is 5.00 Å². The van der Waals surface area contributed by atoms with Crippen LogP contribution in [-0.4, -0.2) is 16.0 Å². The second-order valence-electron chi connectivity index (χ2n) is 7.58. The van der Waals surface area contributed by atoms with E-state index in [1.165, 1.54) is 29.7 Å². The predicted molar refractivity (Wildman–Crippen MR) is 101 cm³/mol. The van der Waals surface area contributed by atoms with Gasteiger partial charge in [0.05, 0.1) is 5.56 Å². The minimum atomic E-state index is 0.0297. The van der Waals surface area contributed by atoms with Crippen molar-refractivity contribution in [2.75, 3.05) is 5.32 Å².